The summed E-state index contributed by atoms with van der Waals surface area (Å²) >= 11 is 0. The van der Waals surface area contributed by atoms with Crippen molar-refractivity contribution in [3.8, 4) is 11.1 Å². The summed E-state index contributed by atoms with van der Waals surface area (Å²) in [6, 6.07) is 14.6. The van der Waals surface area contributed by atoms with E-state index in [9.17, 15) is 14.4 Å². The van der Waals surface area contributed by atoms with Gasteiger partial charge in [-0.05, 0) is 35.6 Å². The topological polar surface area (TPSA) is 105 Å². The largest absolute Gasteiger partial charge is 0.481 e. The highest BCUT2D eigenvalue weighted by Gasteiger charge is 2.29. The SMILES string of the molecule is C=CCC(NC(=O)OCC1c2ccccc2-c2ccccc21)C(=O)NC(C)CC(=O)O. The zero-order valence-corrected chi connectivity index (χ0v) is 17.3. The van der Waals surface area contributed by atoms with E-state index in [2.05, 4.69) is 29.3 Å². The molecule has 7 heteroatoms. The zero-order valence-electron chi connectivity index (χ0n) is 17.3. The molecule has 2 aromatic carbocycles. The number of nitrogens with one attached hydrogen (secondary N) is 2. The Hall–Kier alpha value is -3.61. The van der Waals surface area contributed by atoms with Crippen LogP contribution < -0.4 is 10.6 Å². The summed E-state index contributed by atoms with van der Waals surface area (Å²) in [6.07, 6.45) is 0.776. The van der Waals surface area contributed by atoms with Gasteiger partial charge in [-0.2, -0.15) is 0 Å². The van der Waals surface area contributed by atoms with Gasteiger partial charge in [-0.25, -0.2) is 4.79 Å². The summed E-state index contributed by atoms with van der Waals surface area (Å²) in [5.74, 6) is -1.58. The minimum Gasteiger partial charge on any atom is -0.481 e. The number of aliphatic carboxylic acids is 1. The molecule has 0 saturated carbocycles. The first-order valence-electron chi connectivity index (χ1n) is 10.1. The Kier molecular flexibility index (Phi) is 7.07. The Labute approximate surface area is 181 Å². The maximum atomic E-state index is 12.4. The van der Waals surface area contributed by atoms with Crippen LogP contribution >= 0.6 is 0 Å². The van der Waals surface area contributed by atoms with Crippen LogP contribution in [0.15, 0.2) is 61.2 Å². The number of carboxylic acid groups (broad SMARTS) is 1. The van der Waals surface area contributed by atoms with Crippen LogP contribution in [0.3, 0.4) is 0 Å². The van der Waals surface area contributed by atoms with Crippen molar-refractivity contribution in [1.29, 1.82) is 0 Å². The number of rotatable bonds is 9. The first-order chi connectivity index (χ1) is 14.9. The molecule has 3 N–H and O–H groups in total. The number of hydrogen-bond donors (Lipinski definition) is 3. The second kappa shape index (κ2) is 9.93. The molecule has 0 aliphatic heterocycles. The van der Waals surface area contributed by atoms with Gasteiger partial charge in [0.15, 0.2) is 0 Å². The number of hydrogen-bond acceptors (Lipinski definition) is 4. The third-order valence-electron chi connectivity index (χ3n) is 5.22. The predicted octanol–water partition coefficient (Wildman–Crippen LogP) is 3.45. The summed E-state index contributed by atoms with van der Waals surface area (Å²) in [5.41, 5.74) is 4.45. The number of amides is 2. The van der Waals surface area contributed by atoms with Gasteiger partial charge in [-0.3, -0.25) is 9.59 Å². The molecule has 0 radical (unpaired) electrons. The van der Waals surface area contributed by atoms with Gasteiger partial charge in [0.1, 0.15) is 12.6 Å². The summed E-state index contributed by atoms with van der Waals surface area (Å²) in [5, 5.41) is 14.0. The van der Waals surface area contributed by atoms with Crippen LogP contribution in [0.2, 0.25) is 0 Å². The first-order valence-corrected chi connectivity index (χ1v) is 10.1. The van der Waals surface area contributed by atoms with Crippen molar-refractivity contribution in [2.45, 2.75) is 37.8 Å². The van der Waals surface area contributed by atoms with Gasteiger partial charge in [0.2, 0.25) is 5.91 Å². The van der Waals surface area contributed by atoms with Crippen LogP contribution in [0.1, 0.15) is 36.8 Å². The molecule has 0 bridgehead atoms. The molecule has 7 nitrogen and oxygen atoms in total. The minimum atomic E-state index is -1.02. The maximum absolute atomic E-state index is 12.4. The fraction of sp³-hybridized carbons (Fsp3) is 0.292. The molecule has 0 spiro atoms. The quantitative estimate of drug-likeness (QED) is 0.537. The van der Waals surface area contributed by atoms with Crippen LogP contribution in [-0.4, -0.2) is 41.8 Å². The molecule has 2 aromatic rings. The van der Waals surface area contributed by atoms with Gasteiger partial charge >= 0.3 is 12.1 Å². The van der Waals surface area contributed by atoms with Gasteiger partial charge in [0.25, 0.3) is 0 Å². The molecule has 0 fully saturated rings. The molecule has 162 valence electrons. The second-order valence-corrected chi connectivity index (χ2v) is 7.55. The van der Waals surface area contributed by atoms with Crippen molar-refractivity contribution in [2.24, 2.45) is 0 Å². The number of fused-ring (bicyclic) bond motifs is 3. The molecule has 1 aliphatic rings. The van der Waals surface area contributed by atoms with Crippen LogP contribution in [0, 0.1) is 0 Å². The second-order valence-electron chi connectivity index (χ2n) is 7.55. The Morgan fingerprint density at radius 2 is 1.65 bits per heavy atom. The molecule has 2 amide bonds. The first kappa shape index (κ1) is 22.1. The smallest absolute Gasteiger partial charge is 0.407 e. The number of ether oxygens (including phenoxy) is 1. The van der Waals surface area contributed by atoms with Crippen LogP contribution in [0.25, 0.3) is 11.1 Å². The lowest BCUT2D eigenvalue weighted by Gasteiger charge is -2.20. The van der Waals surface area contributed by atoms with Crippen LogP contribution in [-0.2, 0) is 14.3 Å². The number of carbonyl (C=O) groups excluding carboxylic acids is 2. The lowest BCUT2D eigenvalue weighted by molar-refractivity contribution is -0.137. The number of carbonyl (C=O) groups is 3. The highest BCUT2D eigenvalue weighted by atomic mass is 16.5. The van der Waals surface area contributed by atoms with E-state index in [0.29, 0.717) is 0 Å². The average molecular weight is 422 g/mol. The minimum absolute atomic E-state index is 0.0829. The number of benzene rings is 2. The standard InChI is InChI=1S/C24H26N2O5/c1-3-8-21(23(29)25-15(2)13-22(27)28)26-24(30)31-14-20-18-11-6-4-9-16(18)17-10-5-7-12-19(17)20/h3-7,9-12,15,20-21H,1,8,13-14H2,2H3,(H,25,29)(H,26,30)(H,27,28). The third kappa shape index (κ3) is 5.31. The predicted molar refractivity (Wildman–Crippen MR) is 117 cm³/mol. The molecule has 0 saturated heterocycles. The van der Waals surface area contributed by atoms with Crippen LogP contribution in [0.5, 0.6) is 0 Å². The van der Waals surface area contributed by atoms with E-state index in [1.807, 2.05) is 36.4 Å². The monoisotopic (exact) mass is 422 g/mol. The fourth-order valence-electron chi connectivity index (χ4n) is 3.84. The highest BCUT2D eigenvalue weighted by molar-refractivity contribution is 5.86. The van der Waals surface area contributed by atoms with Gasteiger partial charge in [0, 0.05) is 12.0 Å². The van der Waals surface area contributed by atoms with E-state index in [1.165, 1.54) is 6.08 Å². The normalized spacial score (nSPS) is 14.0. The van der Waals surface area contributed by atoms with Crippen molar-refractivity contribution >= 4 is 18.0 Å². The van der Waals surface area contributed by atoms with Gasteiger partial charge < -0.3 is 20.5 Å². The molecule has 0 aromatic heterocycles. The summed E-state index contributed by atoms with van der Waals surface area (Å²) in [6.45, 7) is 5.33. The van der Waals surface area contributed by atoms with E-state index < -0.39 is 30.1 Å². The number of carboxylic acids is 1. The van der Waals surface area contributed by atoms with E-state index >= 15 is 0 Å². The van der Waals surface area contributed by atoms with E-state index in [1.54, 1.807) is 6.92 Å². The summed E-state index contributed by atoms with van der Waals surface area (Å²) in [7, 11) is 0. The van der Waals surface area contributed by atoms with Crippen molar-refractivity contribution in [2.75, 3.05) is 6.61 Å². The lowest BCUT2D eigenvalue weighted by atomic mass is 9.98. The lowest BCUT2D eigenvalue weighted by Crippen LogP contribution is -2.49. The average Bonchev–Trinajstić information content (AvgIpc) is 3.05. The molecule has 0 heterocycles. The van der Waals surface area contributed by atoms with Crippen molar-refractivity contribution < 1.29 is 24.2 Å². The molecular formula is C24H26N2O5. The van der Waals surface area contributed by atoms with Crippen LogP contribution in [0.4, 0.5) is 4.79 Å². The Morgan fingerprint density at radius 1 is 1.06 bits per heavy atom. The maximum Gasteiger partial charge on any atom is 0.407 e. The van der Waals surface area contributed by atoms with Gasteiger partial charge in [0.05, 0.1) is 6.42 Å². The fourth-order valence-corrected chi connectivity index (χ4v) is 3.84. The Bertz CT molecular complexity index is 942. The molecular weight excluding hydrogens is 396 g/mol. The van der Waals surface area contributed by atoms with Crippen molar-refractivity contribution in [3.05, 3.63) is 72.3 Å². The van der Waals surface area contributed by atoms with Gasteiger partial charge in [-0.15, -0.1) is 6.58 Å². The van der Waals surface area contributed by atoms with E-state index in [-0.39, 0.29) is 25.4 Å². The van der Waals surface area contributed by atoms with Crippen molar-refractivity contribution in [1.82, 2.24) is 10.6 Å². The molecule has 31 heavy (non-hydrogen) atoms. The molecule has 2 unspecified atom stereocenters. The third-order valence-corrected chi connectivity index (χ3v) is 5.22. The Morgan fingerprint density at radius 3 is 2.19 bits per heavy atom. The molecule has 1 aliphatic carbocycles. The van der Waals surface area contributed by atoms with E-state index in [0.717, 1.165) is 22.3 Å². The molecule has 3 rings (SSSR count). The highest BCUT2D eigenvalue weighted by Crippen LogP contribution is 2.44. The van der Waals surface area contributed by atoms with Gasteiger partial charge in [-0.1, -0.05) is 54.6 Å². The molecule has 2 atom stereocenters. The summed E-state index contributed by atoms with van der Waals surface area (Å²) < 4.78 is 5.48. The number of alkyl carbamates (subject to hydrolysis) is 1. The Balaban J connectivity index is 1.62. The van der Waals surface area contributed by atoms with Crippen molar-refractivity contribution in [3.63, 3.8) is 0 Å². The summed E-state index contributed by atoms with van der Waals surface area (Å²) in [4.78, 5) is 35.7. The zero-order chi connectivity index (χ0) is 22.4. The van der Waals surface area contributed by atoms with E-state index in [4.69, 9.17) is 9.84 Å².